The number of carbonyl (C=O) groups excluding carboxylic acids is 1. The highest BCUT2D eigenvalue weighted by molar-refractivity contribution is 9.10. The molecule has 0 bridgehead atoms. The van der Waals surface area contributed by atoms with Crippen LogP contribution in [0.3, 0.4) is 0 Å². The molecule has 1 amide bonds. The third-order valence-corrected chi connectivity index (χ3v) is 8.45. The number of nitrogens with one attached hydrogen (secondary N) is 2. The van der Waals surface area contributed by atoms with Crippen molar-refractivity contribution < 1.29 is 4.79 Å². The van der Waals surface area contributed by atoms with Gasteiger partial charge in [-0.25, -0.2) is 9.97 Å². The number of aromatic nitrogens is 4. The predicted molar refractivity (Wildman–Crippen MR) is 158 cm³/mol. The molecule has 1 aromatic carbocycles. The number of anilines is 2. The van der Waals surface area contributed by atoms with Gasteiger partial charge >= 0.3 is 0 Å². The molecule has 6 rings (SSSR count). The Morgan fingerprint density at radius 1 is 1.03 bits per heavy atom. The Labute approximate surface area is 236 Å². The molecule has 2 aliphatic rings. The number of benzene rings is 1. The molecule has 4 aromatic rings. The van der Waals surface area contributed by atoms with Crippen LogP contribution in [0.1, 0.15) is 30.1 Å². The topological polar surface area (TPSA) is 93.3 Å². The number of aromatic amines is 1. The van der Waals surface area contributed by atoms with Gasteiger partial charge in [0, 0.05) is 80.7 Å². The summed E-state index contributed by atoms with van der Waals surface area (Å²) >= 11 is 3.69. The maximum Gasteiger partial charge on any atom is 0.254 e. The zero-order valence-corrected chi connectivity index (χ0v) is 23.7. The molecule has 2 saturated heterocycles. The third-order valence-electron chi connectivity index (χ3n) is 7.85. The number of halogens is 1. The van der Waals surface area contributed by atoms with E-state index >= 15 is 0 Å². The second-order valence-electron chi connectivity index (χ2n) is 10.2. The van der Waals surface area contributed by atoms with Crippen LogP contribution in [-0.4, -0.2) is 87.5 Å². The van der Waals surface area contributed by atoms with E-state index in [4.69, 9.17) is 4.98 Å². The second kappa shape index (κ2) is 11.3. The zero-order valence-electron chi connectivity index (χ0n) is 22.1. The molecule has 0 spiro atoms. The van der Waals surface area contributed by atoms with Crippen molar-refractivity contribution in [3.63, 3.8) is 0 Å². The molecule has 0 radical (unpaired) electrons. The molecule has 10 heteroatoms. The Bertz CT molecular complexity index is 1430. The van der Waals surface area contributed by atoms with Crippen LogP contribution in [-0.2, 0) is 0 Å². The Morgan fingerprint density at radius 2 is 1.74 bits per heavy atom. The highest BCUT2D eigenvalue weighted by atomic mass is 79.9. The van der Waals surface area contributed by atoms with E-state index in [1.165, 1.54) is 0 Å². The van der Waals surface area contributed by atoms with E-state index in [-0.39, 0.29) is 5.91 Å². The number of hydrogen-bond donors (Lipinski definition) is 2. The lowest BCUT2D eigenvalue weighted by Crippen LogP contribution is -2.48. The molecule has 39 heavy (non-hydrogen) atoms. The minimum absolute atomic E-state index is 0.0674. The Morgan fingerprint density at radius 3 is 2.44 bits per heavy atom. The van der Waals surface area contributed by atoms with Gasteiger partial charge in [-0.05, 0) is 71.7 Å². The number of likely N-dealkylation sites (tertiary alicyclic amines) is 1. The summed E-state index contributed by atoms with van der Waals surface area (Å²) in [7, 11) is 0. The summed E-state index contributed by atoms with van der Waals surface area (Å²) in [6, 6.07) is 12.4. The maximum atomic E-state index is 12.8. The van der Waals surface area contributed by atoms with Crippen LogP contribution in [0, 0.1) is 0 Å². The molecule has 9 nitrogen and oxygen atoms in total. The number of nitrogens with zero attached hydrogens (tertiary/aromatic N) is 6. The lowest BCUT2D eigenvalue weighted by molar-refractivity contribution is 0.0746. The normalized spacial score (nSPS) is 17.1. The van der Waals surface area contributed by atoms with Crippen molar-refractivity contribution in [2.24, 2.45) is 0 Å². The van der Waals surface area contributed by atoms with Gasteiger partial charge in [0.1, 0.15) is 11.3 Å². The zero-order chi connectivity index (χ0) is 26.8. The van der Waals surface area contributed by atoms with Crippen LogP contribution in [0.5, 0.6) is 0 Å². The number of piperazine rings is 1. The summed E-state index contributed by atoms with van der Waals surface area (Å²) < 4.78 is 0.933. The summed E-state index contributed by atoms with van der Waals surface area (Å²) in [6.07, 6.45) is 7.41. The summed E-state index contributed by atoms with van der Waals surface area (Å²) in [5.74, 6) is 0.872. The molecule has 0 saturated carbocycles. The minimum Gasteiger partial charge on any atom is -0.379 e. The van der Waals surface area contributed by atoms with E-state index in [1.807, 2.05) is 11.1 Å². The first-order valence-corrected chi connectivity index (χ1v) is 14.5. The van der Waals surface area contributed by atoms with E-state index in [1.54, 1.807) is 24.5 Å². The highest BCUT2D eigenvalue weighted by Gasteiger charge is 2.23. The van der Waals surface area contributed by atoms with Crippen molar-refractivity contribution in [3.05, 3.63) is 65.0 Å². The standard InChI is InChI=1S/C29H33BrN8O/c1-2-36-13-9-22(10-14-36)33-25-24(30)19-32-28-26(25)34-27(35-28)20-3-5-23(6-4-20)37-15-17-38(18-16-37)29(39)21-7-11-31-12-8-21/h3-8,11-12,19,22H,2,9-10,13-18H2,1H3,(H2,32,33,34,35). The van der Waals surface area contributed by atoms with Crippen molar-refractivity contribution in [1.29, 1.82) is 0 Å². The Balaban J connectivity index is 1.13. The Kier molecular flexibility index (Phi) is 7.47. The maximum absolute atomic E-state index is 12.8. The number of H-pyrrole nitrogens is 1. The number of carbonyl (C=O) groups is 1. The summed E-state index contributed by atoms with van der Waals surface area (Å²) in [5, 5.41) is 3.74. The molecular formula is C29H33BrN8O. The molecule has 2 fully saturated rings. The van der Waals surface area contributed by atoms with Crippen molar-refractivity contribution in [1.82, 2.24) is 29.7 Å². The average Bonchev–Trinajstić information content (AvgIpc) is 3.44. The number of imidazole rings is 1. The fourth-order valence-electron chi connectivity index (χ4n) is 5.48. The first-order chi connectivity index (χ1) is 19.1. The van der Waals surface area contributed by atoms with Crippen LogP contribution in [0.2, 0.25) is 0 Å². The summed E-state index contributed by atoms with van der Waals surface area (Å²) in [6.45, 7) is 8.56. The monoisotopic (exact) mass is 588 g/mol. The minimum atomic E-state index is 0.0674. The molecule has 0 atom stereocenters. The number of pyridine rings is 2. The van der Waals surface area contributed by atoms with E-state index in [0.717, 1.165) is 84.0 Å². The summed E-state index contributed by atoms with van der Waals surface area (Å²) in [5.41, 5.74) is 5.50. The second-order valence-corrected chi connectivity index (χ2v) is 11.0. The van der Waals surface area contributed by atoms with Gasteiger partial charge in [0.25, 0.3) is 5.91 Å². The average molecular weight is 590 g/mol. The van der Waals surface area contributed by atoms with Crippen molar-refractivity contribution in [2.75, 3.05) is 56.0 Å². The number of amides is 1. The van der Waals surface area contributed by atoms with Gasteiger partial charge in [-0.1, -0.05) is 6.92 Å². The van der Waals surface area contributed by atoms with Crippen molar-refractivity contribution >= 4 is 44.4 Å². The van der Waals surface area contributed by atoms with Crippen molar-refractivity contribution in [3.8, 4) is 11.4 Å². The number of hydrogen-bond acceptors (Lipinski definition) is 7. The smallest absolute Gasteiger partial charge is 0.254 e. The lowest BCUT2D eigenvalue weighted by Gasteiger charge is -2.36. The lowest BCUT2D eigenvalue weighted by atomic mass is 10.0. The van der Waals surface area contributed by atoms with E-state index in [9.17, 15) is 4.79 Å². The number of piperidine rings is 1. The van der Waals surface area contributed by atoms with E-state index < -0.39 is 0 Å². The summed E-state index contributed by atoms with van der Waals surface area (Å²) in [4.78, 5) is 36.4. The third kappa shape index (κ3) is 5.49. The molecule has 3 aromatic heterocycles. The van der Waals surface area contributed by atoms with Gasteiger partial charge in [-0.3, -0.25) is 9.78 Å². The molecule has 2 N–H and O–H groups in total. The molecule has 202 valence electrons. The number of rotatable bonds is 6. The molecule has 0 aliphatic carbocycles. The van der Waals surface area contributed by atoms with Crippen LogP contribution < -0.4 is 10.2 Å². The molecular weight excluding hydrogens is 556 g/mol. The van der Waals surface area contributed by atoms with Crippen LogP contribution in [0.25, 0.3) is 22.6 Å². The van der Waals surface area contributed by atoms with E-state index in [2.05, 4.69) is 77.2 Å². The SMILES string of the molecule is CCN1CCC(Nc2c(Br)cnc3[nH]c(-c4ccc(N5CCN(C(=O)c6ccncc6)CC5)cc4)nc23)CC1. The van der Waals surface area contributed by atoms with Gasteiger partial charge < -0.3 is 25.0 Å². The van der Waals surface area contributed by atoms with E-state index in [0.29, 0.717) is 24.7 Å². The quantitative estimate of drug-likeness (QED) is 0.339. The Hall–Kier alpha value is -3.50. The number of fused-ring (bicyclic) bond motifs is 1. The van der Waals surface area contributed by atoms with Crippen LogP contribution in [0.4, 0.5) is 11.4 Å². The van der Waals surface area contributed by atoms with Gasteiger partial charge in [0.05, 0.1) is 10.2 Å². The molecule has 0 unspecified atom stereocenters. The first-order valence-electron chi connectivity index (χ1n) is 13.7. The van der Waals surface area contributed by atoms with Gasteiger partial charge in [-0.15, -0.1) is 0 Å². The van der Waals surface area contributed by atoms with Gasteiger partial charge in [-0.2, -0.15) is 0 Å². The van der Waals surface area contributed by atoms with Gasteiger partial charge in [0.15, 0.2) is 5.65 Å². The van der Waals surface area contributed by atoms with Crippen LogP contribution in [0.15, 0.2) is 59.5 Å². The van der Waals surface area contributed by atoms with Crippen LogP contribution >= 0.6 is 15.9 Å². The van der Waals surface area contributed by atoms with Crippen molar-refractivity contribution in [2.45, 2.75) is 25.8 Å². The fourth-order valence-corrected chi connectivity index (χ4v) is 5.88. The van der Waals surface area contributed by atoms with Gasteiger partial charge in [0.2, 0.25) is 0 Å². The molecule has 2 aliphatic heterocycles. The largest absolute Gasteiger partial charge is 0.379 e. The first kappa shape index (κ1) is 25.8. The molecule has 5 heterocycles. The predicted octanol–water partition coefficient (Wildman–Crippen LogP) is 4.64. The fraction of sp³-hybridized carbons (Fsp3) is 0.379. The highest BCUT2D eigenvalue weighted by Crippen LogP contribution is 2.33.